The maximum atomic E-state index is 11.3. The molecule has 2 aromatic rings. The Labute approximate surface area is 136 Å². The number of aromatic nitrogens is 1. The second-order valence-electron chi connectivity index (χ2n) is 6.41. The number of nitrogens with zero attached hydrogens (tertiary/aromatic N) is 2. The minimum Gasteiger partial charge on any atom is -0.391 e. The highest BCUT2D eigenvalue weighted by Gasteiger charge is 2.31. The number of likely N-dealkylation sites (tertiary alicyclic amines) is 1. The quantitative estimate of drug-likeness (QED) is 0.887. The highest BCUT2D eigenvalue weighted by atomic mass is 32.2. The van der Waals surface area contributed by atoms with Crippen molar-refractivity contribution >= 4 is 20.7 Å². The normalized spacial score (nSPS) is 22.7. The Balaban J connectivity index is 1.70. The van der Waals surface area contributed by atoms with Crippen molar-refractivity contribution < 1.29 is 13.5 Å². The van der Waals surface area contributed by atoms with E-state index in [9.17, 15) is 13.5 Å². The van der Waals surface area contributed by atoms with E-state index in [1.807, 2.05) is 29.2 Å². The largest absolute Gasteiger partial charge is 0.391 e. The Morgan fingerprint density at radius 1 is 1.26 bits per heavy atom. The summed E-state index contributed by atoms with van der Waals surface area (Å²) in [6, 6.07) is 10.0. The van der Waals surface area contributed by atoms with Crippen molar-refractivity contribution in [3.05, 3.63) is 42.1 Å². The SMILES string of the molecule is CS(=O)(=O)CCN1C[C@@H](Cc2ccnc3ccccc23)[C@@H](O)C1. The average Bonchev–Trinajstić information content (AvgIpc) is 2.85. The van der Waals surface area contributed by atoms with Gasteiger partial charge in [0.05, 0.1) is 17.4 Å². The Hall–Kier alpha value is -1.50. The number of hydrogen-bond acceptors (Lipinski definition) is 5. The van der Waals surface area contributed by atoms with E-state index in [0.717, 1.165) is 23.9 Å². The van der Waals surface area contributed by atoms with E-state index in [1.54, 1.807) is 6.20 Å². The van der Waals surface area contributed by atoms with E-state index in [2.05, 4.69) is 11.1 Å². The van der Waals surface area contributed by atoms with Crippen LogP contribution in [0.1, 0.15) is 5.56 Å². The van der Waals surface area contributed by atoms with Crippen molar-refractivity contribution in [1.29, 1.82) is 0 Å². The molecule has 1 aliphatic heterocycles. The van der Waals surface area contributed by atoms with Gasteiger partial charge in [-0.25, -0.2) is 8.42 Å². The molecule has 0 saturated carbocycles. The molecule has 0 unspecified atom stereocenters. The van der Waals surface area contributed by atoms with Gasteiger partial charge in [0.2, 0.25) is 0 Å². The van der Waals surface area contributed by atoms with Crippen molar-refractivity contribution in [2.45, 2.75) is 12.5 Å². The maximum absolute atomic E-state index is 11.3. The minimum atomic E-state index is -2.97. The van der Waals surface area contributed by atoms with Gasteiger partial charge in [-0.1, -0.05) is 18.2 Å². The van der Waals surface area contributed by atoms with Gasteiger partial charge in [-0.05, 0) is 24.1 Å². The standard InChI is InChI=1S/C17H22N2O3S/c1-23(21,22)9-8-19-11-14(17(20)12-19)10-13-6-7-18-16-5-3-2-4-15(13)16/h2-7,14,17,20H,8-12H2,1H3/t14-,17+/m1/s1. The van der Waals surface area contributed by atoms with Crippen LogP contribution in [0.15, 0.2) is 36.5 Å². The molecule has 1 aromatic carbocycles. The molecule has 1 aromatic heterocycles. The smallest absolute Gasteiger partial charge is 0.148 e. The molecule has 6 heteroatoms. The molecule has 2 heterocycles. The molecule has 3 rings (SSSR count). The monoisotopic (exact) mass is 334 g/mol. The van der Waals surface area contributed by atoms with Crippen molar-refractivity contribution in [3.63, 3.8) is 0 Å². The van der Waals surface area contributed by atoms with Crippen molar-refractivity contribution in [3.8, 4) is 0 Å². The number of sulfone groups is 1. The third-order valence-corrected chi connectivity index (χ3v) is 5.41. The molecule has 1 saturated heterocycles. The topological polar surface area (TPSA) is 70.5 Å². The number of para-hydroxylation sites is 1. The van der Waals surface area contributed by atoms with Gasteiger partial charge in [-0.3, -0.25) is 9.88 Å². The van der Waals surface area contributed by atoms with Gasteiger partial charge in [-0.15, -0.1) is 0 Å². The zero-order chi connectivity index (χ0) is 16.4. The van der Waals surface area contributed by atoms with Crippen LogP contribution in [-0.4, -0.2) is 61.2 Å². The number of benzene rings is 1. The summed E-state index contributed by atoms with van der Waals surface area (Å²) in [5, 5.41) is 11.4. The predicted molar refractivity (Wildman–Crippen MR) is 91.1 cm³/mol. The number of rotatable bonds is 5. The van der Waals surface area contributed by atoms with Gasteiger partial charge < -0.3 is 5.11 Å². The second kappa shape index (κ2) is 6.55. The molecule has 0 spiro atoms. The van der Waals surface area contributed by atoms with Gasteiger partial charge in [0.15, 0.2) is 0 Å². The Morgan fingerprint density at radius 3 is 2.83 bits per heavy atom. The lowest BCUT2D eigenvalue weighted by molar-refractivity contribution is 0.142. The Morgan fingerprint density at radius 2 is 2.04 bits per heavy atom. The van der Waals surface area contributed by atoms with Gasteiger partial charge in [0.25, 0.3) is 0 Å². The molecule has 1 fully saturated rings. The molecule has 1 N–H and O–H groups in total. The lowest BCUT2D eigenvalue weighted by atomic mass is 9.94. The molecule has 5 nitrogen and oxygen atoms in total. The van der Waals surface area contributed by atoms with Gasteiger partial charge in [0, 0.05) is 43.4 Å². The van der Waals surface area contributed by atoms with Crippen LogP contribution in [0.2, 0.25) is 0 Å². The summed E-state index contributed by atoms with van der Waals surface area (Å²) < 4.78 is 22.6. The minimum absolute atomic E-state index is 0.125. The number of pyridine rings is 1. The van der Waals surface area contributed by atoms with E-state index in [-0.39, 0.29) is 11.7 Å². The molecule has 0 radical (unpaired) electrons. The maximum Gasteiger partial charge on any atom is 0.148 e. The number of β-amino-alcohol motifs (C(OH)–C–C–N with tert-alkyl or cyclic N) is 1. The van der Waals surface area contributed by atoms with Crippen LogP contribution in [0, 0.1) is 5.92 Å². The summed E-state index contributed by atoms with van der Waals surface area (Å²) in [7, 11) is -2.97. The Kier molecular flexibility index (Phi) is 4.66. The number of fused-ring (bicyclic) bond motifs is 1. The van der Waals surface area contributed by atoms with Gasteiger partial charge in [-0.2, -0.15) is 0 Å². The third kappa shape index (κ3) is 4.07. The molecule has 2 atom stereocenters. The van der Waals surface area contributed by atoms with Crippen LogP contribution in [0.4, 0.5) is 0 Å². The lowest BCUT2D eigenvalue weighted by Crippen LogP contribution is -2.27. The molecule has 0 amide bonds. The summed E-state index contributed by atoms with van der Waals surface area (Å²) in [6.45, 7) is 1.76. The first kappa shape index (κ1) is 16.4. The molecule has 23 heavy (non-hydrogen) atoms. The van der Waals surface area contributed by atoms with Gasteiger partial charge in [0.1, 0.15) is 9.84 Å². The van der Waals surface area contributed by atoms with Crippen molar-refractivity contribution in [2.75, 3.05) is 31.6 Å². The molecule has 1 aliphatic rings. The van der Waals surface area contributed by atoms with Crippen molar-refractivity contribution in [2.24, 2.45) is 5.92 Å². The summed E-state index contributed by atoms with van der Waals surface area (Å²) in [6.07, 6.45) is 3.42. The van der Waals surface area contributed by atoms with Crippen LogP contribution >= 0.6 is 0 Å². The molecule has 124 valence electrons. The fourth-order valence-corrected chi connectivity index (χ4v) is 3.82. The Bertz CT molecular complexity index is 786. The number of hydrogen-bond donors (Lipinski definition) is 1. The fourth-order valence-electron chi connectivity index (χ4n) is 3.24. The molecular formula is C17H22N2O3S. The fraction of sp³-hybridized carbons (Fsp3) is 0.471. The van der Waals surface area contributed by atoms with E-state index < -0.39 is 15.9 Å². The van der Waals surface area contributed by atoms with E-state index in [1.165, 1.54) is 11.8 Å². The summed E-state index contributed by atoms with van der Waals surface area (Å²) in [5.74, 6) is 0.269. The highest BCUT2D eigenvalue weighted by molar-refractivity contribution is 7.90. The number of aliphatic hydroxyl groups is 1. The first-order valence-electron chi connectivity index (χ1n) is 7.83. The third-order valence-electron chi connectivity index (χ3n) is 4.48. The number of aliphatic hydroxyl groups excluding tert-OH is 1. The highest BCUT2D eigenvalue weighted by Crippen LogP contribution is 2.25. The first-order chi connectivity index (χ1) is 10.9. The van der Waals surface area contributed by atoms with Crippen LogP contribution in [-0.2, 0) is 16.3 Å². The van der Waals surface area contributed by atoms with Crippen LogP contribution in [0.25, 0.3) is 10.9 Å². The average molecular weight is 334 g/mol. The van der Waals surface area contributed by atoms with Crippen molar-refractivity contribution in [1.82, 2.24) is 9.88 Å². The van der Waals surface area contributed by atoms with Crippen LogP contribution in [0.5, 0.6) is 0 Å². The summed E-state index contributed by atoms with van der Waals surface area (Å²) >= 11 is 0. The predicted octanol–water partition coefficient (Wildman–Crippen LogP) is 1.11. The molecular weight excluding hydrogens is 312 g/mol. The molecule has 0 aliphatic carbocycles. The zero-order valence-corrected chi connectivity index (χ0v) is 14.0. The van der Waals surface area contributed by atoms with E-state index >= 15 is 0 Å². The van der Waals surface area contributed by atoms with E-state index in [4.69, 9.17) is 0 Å². The molecule has 0 bridgehead atoms. The lowest BCUT2D eigenvalue weighted by Gasteiger charge is -2.16. The zero-order valence-electron chi connectivity index (χ0n) is 13.2. The summed E-state index contributed by atoms with van der Waals surface area (Å²) in [4.78, 5) is 6.41. The van der Waals surface area contributed by atoms with Crippen LogP contribution < -0.4 is 0 Å². The second-order valence-corrected chi connectivity index (χ2v) is 8.67. The van der Waals surface area contributed by atoms with E-state index in [0.29, 0.717) is 13.1 Å². The van der Waals surface area contributed by atoms with Crippen LogP contribution in [0.3, 0.4) is 0 Å². The van der Waals surface area contributed by atoms with Gasteiger partial charge >= 0.3 is 0 Å². The summed E-state index contributed by atoms with van der Waals surface area (Å²) in [5.41, 5.74) is 2.15. The first-order valence-corrected chi connectivity index (χ1v) is 9.89.